The van der Waals surface area contributed by atoms with Gasteiger partial charge in [-0.1, -0.05) is 6.07 Å². The maximum absolute atomic E-state index is 11.3. The average Bonchev–Trinajstić information content (AvgIpc) is 2.73. The number of hydrogen-bond acceptors (Lipinski definition) is 4. The monoisotopic (exact) mass is 261 g/mol. The second-order valence-electron chi connectivity index (χ2n) is 5.72. The average molecular weight is 261 g/mol. The SMILES string of the molecule is COc1nc(C)ccc1CN1CC2(CNC(=O)C2)C1. The molecule has 0 bridgehead atoms. The highest BCUT2D eigenvalue weighted by Gasteiger charge is 2.47. The summed E-state index contributed by atoms with van der Waals surface area (Å²) in [7, 11) is 1.66. The number of ether oxygens (including phenoxy) is 1. The molecule has 3 heterocycles. The summed E-state index contributed by atoms with van der Waals surface area (Å²) >= 11 is 0. The minimum atomic E-state index is 0.183. The zero-order valence-corrected chi connectivity index (χ0v) is 11.4. The van der Waals surface area contributed by atoms with Crippen molar-refractivity contribution in [1.29, 1.82) is 0 Å². The van der Waals surface area contributed by atoms with Gasteiger partial charge in [0.25, 0.3) is 0 Å². The number of nitrogens with zero attached hydrogens (tertiary/aromatic N) is 2. The van der Waals surface area contributed by atoms with Gasteiger partial charge in [0, 0.05) is 49.3 Å². The first-order valence-corrected chi connectivity index (χ1v) is 6.60. The van der Waals surface area contributed by atoms with Crippen LogP contribution in [0.1, 0.15) is 17.7 Å². The Balaban J connectivity index is 1.63. The van der Waals surface area contributed by atoms with Crippen LogP contribution in [-0.2, 0) is 11.3 Å². The van der Waals surface area contributed by atoms with E-state index in [9.17, 15) is 4.79 Å². The number of carbonyl (C=O) groups is 1. The number of aromatic nitrogens is 1. The fourth-order valence-corrected chi connectivity index (χ4v) is 3.09. The molecule has 1 amide bonds. The number of aryl methyl sites for hydroxylation is 1. The standard InChI is InChI=1S/C14H19N3O2/c1-10-3-4-11(13(16-10)19-2)6-17-8-14(9-17)5-12(18)15-7-14/h3-4H,5-9H2,1-2H3,(H,15,18). The number of nitrogens with one attached hydrogen (secondary N) is 1. The molecule has 0 radical (unpaired) electrons. The van der Waals surface area contributed by atoms with Crippen molar-refractivity contribution in [2.75, 3.05) is 26.7 Å². The highest BCUT2D eigenvalue weighted by atomic mass is 16.5. The molecule has 1 aromatic rings. The summed E-state index contributed by atoms with van der Waals surface area (Å²) < 4.78 is 5.33. The summed E-state index contributed by atoms with van der Waals surface area (Å²) in [6.45, 7) is 5.57. The number of hydrogen-bond donors (Lipinski definition) is 1. The van der Waals surface area contributed by atoms with Gasteiger partial charge in [0.1, 0.15) is 0 Å². The minimum Gasteiger partial charge on any atom is -0.481 e. The zero-order valence-electron chi connectivity index (χ0n) is 11.4. The smallest absolute Gasteiger partial charge is 0.220 e. The van der Waals surface area contributed by atoms with Gasteiger partial charge in [-0.05, 0) is 13.0 Å². The lowest BCUT2D eigenvalue weighted by Gasteiger charge is -2.47. The molecular formula is C14H19N3O2. The molecule has 19 heavy (non-hydrogen) atoms. The lowest BCUT2D eigenvalue weighted by molar-refractivity contribution is -0.120. The number of likely N-dealkylation sites (tertiary alicyclic amines) is 1. The number of carbonyl (C=O) groups excluding carboxylic acids is 1. The topological polar surface area (TPSA) is 54.5 Å². The first-order valence-electron chi connectivity index (χ1n) is 6.60. The summed E-state index contributed by atoms with van der Waals surface area (Å²) in [5.41, 5.74) is 2.26. The highest BCUT2D eigenvalue weighted by molar-refractivity contribution is 5.79. The maximum atomic E-state index is 11.3. The van der Waals surface area contributed by atoms with Crippen molar-refractivity contribution in [3.8, 4) is 5.88 Å². The molecule has 1 aromatic heterocycles. The summed E-state index contributed by atoms with van der Waals surface area (Å²) in [5.74, 6) is 0.899. The molecule has 5 heteroatoms. The van der Waals surface area contributed by atoms with Gasteiger partial charge >= 0.3 is 0 Å². The van der Waals surface area contributed by atoms with E-state index < -0.39 is 0 Å². The van der Waals surface area contributed by atoms with Crippen molar-refractivity contribution < 1.29 is 9.53 Å². The minimum absolute atomic E-state index is 0.183. The molecule has 0 unspecified atom stereocenters. The van der Waals surface area contributed by atoms with Gasteiger partial charge in [-0.15, -0.1) is 0 Å². The molecule has 3 rings (SSSR count). The summed E-state index contributed by atoms with van der Waals surface area (Å²) in [6, 6.07) is 4.08. The predicted octanol–water partition coefficient (Wildman–Crippen LogP) is 0.721. The van der Waals surface area contributed by atoms with Crippen LogP contribution in [0, 0.1) is 12.3 Å². The van der Waals surface area contributed by atoms with Gasteiger partial charge in [0.2, 0.25) is 11.8 Å². The fraction of sp³-hybridized carbons (Fsp3) is 0.571. The predicted molar refractivity (Wildman–Crippen MR) is 70.9 cm³/mol. The van der Waals surface area contributed by atoms with E-state index in [2.05, 4.69) is 21.3 Å². The van der Waals surface area contributed by atoms with Gasteiger partial charge < -0.3 is 10.1 Å². The normalized spacial score (nSPS) is 21.3. The fourth-order valence-electron chi connectivity index (χ4n) is 3.09. The van der Waals surface area contributed by atoms with Crippen molar-refractivity contribution in [2.24, 2.45) is 5.41 Å². The molecule has 2 fully saturated rings. The van der Waals surface area contributed by atoms with E-state index in [1.54, 1.807) is 7.11 Å². The van der Waals surface area contributed by atoms with Crippen LogP contribution in [-0.4, -0.2) is 42.5 Å². The number of pyridine rings is 1. The molecule has 0 aromatic carbocycles. The van der Waals surface area contributed by atoms with E-state index >= 15 is 0 Å². The first kappa shape index (κ1) is 12.4. The third-order valence-electron chi connectivity index (χ3n) is 3.98. The van der Waals surface area contributed by atoms with E-state index in [1.165, 1.54) is 0 Å². The lowest BCUT2D eigenvalue weighted by Crippen LogP contribution is -2.56. The molecule has 2 saturated heterocycles. The van der Waals surface area contributed by atoms with E-state index in [0.717, 1.165) is 37.4 Å². The Hall–Kier alpha value is -1.62. The van der Waals surface area contributed by atoms with Gasteiger partial charge in [-0.25, -0.2) is 4.98 Å². The second kappa shape index (κ2) is 4.49. The largest absolute Gasteiger partial charge is 0.481 e. The van der Waals surface area contributed by atoms with Gasteiger partial charge in [0.05, 0.1) is 7.11 Å². The Kier molecular flexibility index (Phi) is 2.93. The Morgan fingerprint density at radius 1 is 1.47 bits per heavy atom. The van der Waals surface area contributed by atoms with Crippen LogP contribution in [0.3, 0.4) is 0 Å². The number of methoxy groups -OCH3 is 1. The summed E-state index contributed by atoms with van der Waals surface area (Å²) in [6.07, 6.45) is 0.673. The van der Waals surface area contributed by atoms with Crippen LogP contribution >= 0.6 is 0 Å². The lowest BCUT2D eigenvalue weighted by atomic mass is 9.79. The van der Waals surface area contributed by atoms with Gasteiger partial charge in [-0.3, -0.25) is 9.69 Å². The molecule has 5 nitrogen and oxygen atoms in total. The number of amides is 1. The molecule has 2 aliphatic rings. The molecule has 0 atom stereocenters. The zero-order chi connectivity index (χ0) is 13.5. The van der Waals surface area contributed by atoms with Crippen LogP contribution in [0.5, 0.6) is 5.88 Å². The molecule has 0 aliphatic carbocycles. The quantitative estimate of drug-likeness (QED) is 0.871. The maximum Gasteiger partial charge on any atom is 0.220 e. The highest BCUT2D eigenvalue weighted by Crippen LogP contribution is 2.37. The Morgan fingerprint density at radius 2 is 2.26 bits per heavy atom. The Bertz CT molecular complexity index is 509. The van der Waals surface area contributed by atoms with Gasteiger partial charge in [0.15, 0.2) is 0 Å². The molecule has 2 aliphatic heterocycles. The third-order valence-corrected chi connectivity index (χ3v) is 3.98. The summed E-state index contributed by atoms with van der Waals surface area (Å²) in [4.78, 5) is 18.0. The molecule has 1 spiro atoms. The van der Waals surface area contributed by atoms with Gasteiger partial charge in [-0.2, -0.15) is 0 Å². The molecule has 102 valence electrons. The Labute approximate surface area is 113 Å². The summed E-state index contributed by atoms with van der Waals surface area (Å²) in [5, 5.41) is 2.92. The van der Waals surface area contributed by atoms with E-state index in [0.29, 0.717) is 12.3 Å². The molecule has 1 N–H and O–H groups in total. The van der Waals surface area contributed by atoms with Crippen molar-refractivity contribution in [2.45, 2.75) is 19.9 Å². The third kappa shape index (κ3) is 2.30. The van der Waals surface area contributed by atoms with Crippen molar-refractivity contribution >= 4 is 5.91 Å². The van der Waals surface area contributed by atoms with Crippen LogP contribution in [0.2, 0.25) is 0 Å². The van der Waals surface area contributed by atoms with Crippen LogP contribution in [0.15, 0.2) is 12.1 Å². The van der Waals surface area contributed by atoms with Crippen molar-refractivity contribution in [3.63, 3.8) is 0 Å². The van der Waals surface area contributed by atoms with E-state index in [4.69, 9.17) is 4.74 Å². The van der Waals surface area contributed by atoms with Crippen LogP contribution in [0.4, 0.5) is 0 Å². The number of rotatable bonds is 3. The van der Waals surface area contributed by atoms with E-state index in [1.807, 2.05) is 13.0 Å². The Morgan fingerprint density at radius 3 is 2.89 bits per heavy atom. The van der Waals surface area contributed by atoms with Crippen LogP contribution in [0.25, 0.3) is 0 Å². The van der Waals surface area contributed by atoms with Crippen molar-refractivity contribution in [3.05, 3.63) is 23.4 Å². The van der Waals surface area contributed by atoms with E-state index in [-0.39, 0.29) is 11.3 Å². The molecular weight excluding hydrogens is 242 g/mol. The van der Waals surface area contributed by atoms with Crippen LogP contribution < -0.4 is 10.1 Å². The molecule has 0 saturated carbocycles. The second-order valence-corrected chi connectivity index (χ2v) is 5.72. The first-order chi connectivity index (χ1) is 9.10. The van der Waals surface area contributed by atoms with Crippen molar-refractivity contribution in [1.82, 2.24) is 15.2 Å².